The van der Waals surface area contributed by atoms with E-state index >= 15 is 0 Å². The van der Waals surface area contributed by atoms with E-state index in [2.05, 4.69) is 10.5 Å². The van der Waals surface area contributed by atoms with Gasteiger partial charge in [0.25, 0.3) is 5.91 Å². The summed E-state index contributed by atoms with van der Waals surface area (Å²) in [6.45, 7) is 1.70. The number of hydrogen-bond acceptors (Lipinski definition) is 3. The molecule has 0 atom stereocenters. The van der Waals surface area contributed by atoms with Gasteiger partial charge in [0.2, 0.25) is 0 Å². The number of nitrogens with one attached hydrogen (secondary N) is 1. The number of halogens is 1. The predicted molar refractivity (Wildman–Crippen MR) is 91.7 cm³/mol. The zero-order valence-electron chi connectivity index (χ0n) is 13.0. The van der Waals surface area contributed by atoms with Crippen molar-refractivity contribution in [1.82, 2.24) is 5.43 Å². The average Bonchev–Trinajstić information content (AvgIpc) is 2.59. The number of carbonyl (C=O) groups is 1. The molecule has 3 rings (SSSR count). The maximum atomic E-state index is 12.9. The highest BCUT2D eigenvalue weighted by atomic mass is 19.1. The van der Waals surface area contributed by atoms with Gasteiger partial charge < -0.3 is 5.11 Å². The van der Waals surface area contributed by atoms with Crippen molar-refractivity contribution in [2.45, 2.75) is 6.92 Å². The quantitative estimate of drug-likeness (QED) is 0.568. The van der Waals surface area contributed by atoms with Gasteiger partial charge in [-0.15, -0.1) is 0 Å². The Balaban J connectivity index is 1.83. The summed E-state index contributed by atoms with van der Waals surface area (Å²) in [7, 11) is 0. The number of hydrogen-bond donors (Lipinski definition) is 2. The third-order valence-corrected chi connectivity index (χ3v) is 3.70. The summed E-state index contributed by atoms with van der Waals surface area (Å²) in [5.41, 5.74) is 3.78. The molecule has 3 aromatic carbocycles. The molecule has 0 spiro atoms. The van der Waals surface area contributed by atoms with Crippen molar-refractivity contribution >= 4 is 22.4 Å². The van der Waals surface area contributed by atoms with Crippen LogP contribution >= 0.6 is 0 Å². The molecule has 0 bridgehead atoms. The third-order valence-electron chi connectivity index (χ3n) is 3.70. The van der Waals surface area contributed by atoms with Crippen LogP contribution in [0.3, 0.4) is 0 Å². The molecule has 0 aromatic heterocycles. The molecular weight excluding hydrogens is 307 g/mol. The molecule has 0 aliphatic heterocycles. The summed E-state index contributed by atoms with van der Waals surface area (Å²) < 4.78 is 12.9. The Morgan fingerprint density at radius 2 is 1.67 bits per heavy atom. The Morgan fingerprint density at radius 3 is 2.33 bits per heavy atom. The first kappa shape index (κ1) is 15.7. The molecule has 0 radical (unpaired) electrons. The van der Waals surface area contributed by atoms with Crippen LogP contribution in [0.1, 0.15) is 22.8 Å². The summed E-state index contributed by atoms with van der Waals surface area (Å²) in [6, 6.07) is 16.4. The van der Waals surface area contributed by atoms with Crippen molar-refractivity contribution < 1.29 is 14.3 Å². The van der Waals surface area contributed by atoms with Crippen LogP contribution in [0.4, 0.5) is 4.39 Å². The van der Waals surface area contributed by atoms with E-state index in [1.54, 1.807) is 31.2 Å². The van der Waals surface area contributed by atoms with Crippen LogP contribution in [0, 0.1) is 5.82 Å². The third kappa shape index (κ3) is 3.25. The Labute approximate surface area is 138 Å². The van der Waals surface area contributed by atoms with E-state index < -0.39 is 5.91 Å². The number of rotatable bonds is 3. The lowest BCUT2D eigenvalue weighted by atomic mass is 10.1. The second-order valence-electron chi connectivity index (χ2n) is 5.36. The largest absolute Gasteiger partial charge is 0.507 e. The maximum absolute atomic E-state index is 12.9. The van der Waals surface area contributed by atoms with Gasteiger partial charge in [0.15, 0.2) is 0 Å². The topological polar surface area (TPSA) is 61.7 Å². The Kier molecular flexibility index (Phi) is 4.24. The number of carbonyl (C=O) groups excluding carboxylic acids is 1. The zero-order valence-corrected chi connectivity index (χ0v) is 13.0. The number of benzene rings is 3. The lowest BCUT2D eigenvalue weighted by Gasteiger charge is -2.07. The molecule has 0 heterocycles. The van der Waals surface area contributed by atoms with Gasteiger partial charge in [0.1, 0.15) is 11.6 Å². The minimum Gasteiger partial charge on any atom is -0.507 e. The molecule has 0 unspecified atom stereocenters. The van der Waals surface area contributed by atoms with Gasteiger partial charge >= 0.3 is 0 Å². The first-order valence-corrected chi connectivity index (χ1v) is 7.37. The van der Waals surface area contributed by atoms with E-state index in [9.17, 15) is 14.3 Å². The van der Waals surface area contributed by atoms with E-state index in [0.717, 1.165) is 10.8 Å². The first-order chi connectivity index (χ1) is 11.5. The van der Waals surface area contributed by atoms with E-state index in [1.165, 1.54) is 12.1 Å². The van der Waals surface area contributed by atoms with Gasteiger partial charge in [0.05, 0.1) is 11.3 Å². The van der Waals surface area contributed by atoms with Gasteiger partial charge in [-0.25, -0.2) is 9.82 Å². The lowest BCUT2D eigenvalue weighted by molar-refractivity contribution is 0.0952. The van der Waals surface area contributed by atoms with E-state index in [-0.39, 0.29) is 17.1 Å². The molecular formula is C19H15FN2O2. The average molecular weight is 322 g/mol. The summed E-state index contributed by atoms with van der Waals surface area (Å²) >= 11 is 0. The maximum Gasteiger partial charge on any atom is 0.275 e. The molecule has 2 N–H and O–H groups in total. The number of aromatic hydroxyl groups is 1. The summed E-state index contributed by atoms with van der Waals surface area (Å²) in [4.78, 5) is 12.3. The summed E-state index contributed by atoms with van der Waals surface area (Å²) in [5.74, 6) is -0.961. The highest BCUT2D eigenvalue weighted by Gasteiger charge is 2.12. The molecule has 0 saturated heterocycles. The van der Waals surface area contributed by atoms with Crippen molar-refractivity contribution in [1.29, 1.82) is 0 Å². The Hall–Kier alpha value is -3.21. The SMILES string of the molecule is CC(=NNC(=O)c1cc2ccccc2cc1O)c1ccc(F)cc1. The minimum atomic E-state index is -0.514. The van der Waals surface area contributed by atoms with Crippen LogP contribution in [0.25, 0.3) is 10.8 Å². The molecule has 24 heavy (non-hydrogen) atoms. The second kappa shape index (κ2) is 6.50. The fraction of sp³-hybridized carbons (Fsp3) is 0.0526. The van der Waals surface area contributed by atoms with Crippen molar-refractivity contribution in [2.24, 2.45) is 5.10 Å². The number of phenols is 1. The molecule has 0 aliphatic rings. The van der Waals surface area contributed by atoms with Crippen molar-refractivity contribution in [3.05, 3.63) is 77.6 Å². The molecule has 0 saturated carbocycles. The van der Waals surface area contributed by atoms with Crippen LogP contribution in [0.15, 0.2) is 65.8 Å². The fourth-order valence-corrected chi connectivity index (χ4v) is 2.36. The van der Waals surface area contributed by atoms with Crippen molar-refractivity contribution in [3.8, 4) is 5.75 Å². The van der Waals surface area contributed by atoms with Gasteiger partial charge in [-0.3, -0.25) is 4.79 Å². The molecule has 4 nitrogen and oxygen atoms in total. The number of hydrazone groups is 1. The van der Waals surface area contributed by atoms with Gasteiger partial charge in [0, 0.05) is 0 Å². The van der Waals surface area contributed by atoms with Gasteiger partial charge in [-0.05, 0) is 47.5 Å². The summed E-state index contributed by atoms with van der Waals surface area (Å²) in [5, 5.41) is 15.7. The molecule has 0 fully saturated rings. The lowest BCUT2D eigenvalue weighted by Crippen LogP contribution is -2.19. The van der Waals surface area contributed by atoms with Crippen LogP contribution in [0.5, 0.6) is 5.75 Å². The summed E-state index contributed by atoms with van der Waals surface area (Å²) in [6.07, 6.45) is 0. The number of fused-ring (bicyclic) bond motifs is 1. The van der Waals surface area contributed by atoms with Crippen LogP contribution in [0.2, 0.25) is 0 Å². The Bertz CT molecular complexity index is 934. The van der Waals surface area contributed by atoms with E-state index in [0.29, 0.717) is 11.3 Å². The standard InChI is InChI=1S/C19H15FN2O2/c1-12(13-6-8-16(20)9-7-13)21-22-19(24)17-10-14-4-2-3-5-15(14)11-18(17)23/h2-11,23H,1H3,(H,22,24). The normalized spacial score (nSPS) is 11.5. The second-order valence-corrected chi connectivity index (χ2v) is 5.36. The van der Waals surface area contributed by atoms with Gasteiger partial charge in [-0.2, -0.15) is 5.10 Å². The van der Waals surface area contributed by atoms with Crippen molar-refractivity contribution in [3.63, 3.8) is 0 Å². The first-order valence-electron chi connectivity index (χ1n) is 7.37. The molecule has 1 amide bonds. The van der Waals surface area contributed by atoms with E-state index in [1.807, 2.05) is 24.3 Å². The molecule has 5 heteroatoms. The Morgan fingerprint density at radius 1 is 1.04 bits per heavy atom. The van der Waals surface area contributed by atoms with Crippen LogP contribution in [-0.4, -0.2) is 16.7 Å². The fourth-order valence-electron chi connectivity index (χ4n) is 2.36. The molecule has 3 aromatic rings. The number of amides is 1. The molecule has 120 valence electrons. The highest BCUT2D eigenvalue weighted by Crippen LogP contribution is 2.24. The number of nitrogens with zero attached hydrogens (tertiary/aromatic N) is 1. The van der Waals surface area contributed by atoms with Crippen LogP contribution < -0.4 is 5.43 Å². The zero-order chi connectivity index (χ0) is 17.1. The smallest absolute Gasteiger partial charge is 0.275 e. The predicted octanol–water partition coefficient (Wildman–Crippen LogP) is 3.84. The number of phenolic OH excluding ortho intramolecular Hbond substituents is 1. The van der Waals surface area contributed by atoms with Crippen molar-refractivity contribution in [2.75, 3.05) is 0 Å². The van der Waals surface area contributed by atoms with Gasteiger partial charge in [-0.1, -0.05) is 36.4 Å². The van der Waals surface area contributed by atoms with E-state index in [4.69, 9.17) is 0 Å². The minimum absolute atomic E-state index is 0.110. The molecule has 0 aliphatic carbocycles. The van der Waals surface area contributed by atoms with Crippen LogP contribution in [-0.2, 0) is 0 Å². The monoisotopic (exact) mass is 322 g/mol. The highest BCUT2D eigenvalue weighted by molar-refractivity contribution is 6.03.